The smallest absolute Gasteiger partial charge is 0.222 e. The number of aromatic nitrogens is 1. The van der Waals surface area contributed by atoms with Crippen molar-refractivity contribution in [2.24, 2.45) is 5.92 Å². The Kier molecular flexibility index (Phi) is 4.89. The number of carbonyl (C=O) groups excluding carboxylic acids is 1. The van der Waals surface area contributed by atoms with Gasteiger partial charge in [-0.15, -0.1) is 11.3 Å². The molecule has 4 heteroatoms. The zero-order valence-corrected chi connectivity index (χ0v) is 15.8. The molecule has 1 amide bonds. The van der Waals surface area contributed by atoms with Gasteiger partial charge in [0.05, 0.1) is 12.2 Å². The first-order valence-electron chi connectivity index (χ1n) is 9.52. The molecule has 1 fully saturated rings. The lowest BCUT2D eigenvalue weighted by Gasteiger charge is -2.26. The van der Waals surface area contributed by atoms with Gasteiger partial charge in [0, 0.05) is 29.8 Å². The summed E-state index contributed by atoms with van der Waals surface area (Å²) in [7, 11) is 0. The molecule has 1 aromatic carbocycles. The minimum Gasteiger partial charge on any atom is -0.337 e. The predicted molar refractivity (Wildman–Crippen MR) is 103 cm³/mol. The minimum atomic E-state index is 0.336. The number of fused-ring (bicyclic) bond motifs is 1. The molecule has 0 unspecified atom stereocenters. The molecule has 2 heterocycles. The molecule has 3 nitrogen and oxygen atoms in total. The van der Waals surface area contributed by atoms with E-state index in [4.69, 9.17) is 4.98 Å². The Morgan fingerprint density at radius 1 is 1.24 bits per heavy atom. The Labute approximate surface area is 154 Å². The summed E-state index contributed by atoms with van der Waals surface area (Å²) in [4.78, 5) is 20.7. The molecule has 2 aliphatic rings. The molecule has 25 heavy (non-hydrogen) atoms. The average Bonchev–Trinajstić information content (AvgIpc) is 3.29. The van der Waals surface area contributed by atoms with Crippen molar-refractivity contribution in [3.8, 4) is 10.6 Å². The van der Waals surface area contributed by atoms with Crippen LogP contribution < -0.4 is 0 Å². The lowest BCUT2D eigenvalue weighted by Crippen LogP contribution is -2.35. The van der Waals surface area contributed by atoms with Crippen molar-refractivity contribution < 1.29 is 4.79 Å². The van der Waals surface area contributed by atoms with E-state index in [1.54, 1.807) is 11.3 Å². The molecule has 0 saturated heterocycles. The molecule has 4 rings (SSSR count). The van der Waals surface area contributed by atoms with Crippen molar-refractivity contribution in [3.05, 3.63) is 40.4 Å². The highest BCUT2D eigenvalue weighted by Gasteiger charge is 2.25. The SMILES string of the molecule is Cc1ccc(-c2nc3c(s2)CN(C(=O)CCC2CCCC2)CC3)cc1. The topological polar surface area (TPSA) is 33.2 Å². The maximum Gasteiger partial charge on any atom is 0.222 e. The molecule has 2 aromatic rings. The van der Waals surface area contributed by atoms with Crippen molar-refractivity contribution in [1.29, 1.82) is 0 Å². The van der Waals surface area contributed by atoms with Crippen LogP contribution in [0.25, 0.3) is 10.6 Å². The van der Waals surface area contributed by atoms with Gasteiger partial charge < -0.3 is 4.90 Å². The van der Waals surface area contributed by atoms with Crippen molar-refractivity contribution in [1.82, 2.24) is 9.88 Å². The highest BCUT2D eigenvalue weighted by Crippen LogP contribution is 2.33. The van der Waals surface area contributed by atoms with Crippen molar-refractivity contribution in [2.45, 2.75) is 58.4 Å². The van der Waals surface area contributed by atoms with E-state index in [9.17, 15) is 4.79 Å². The second kappa shape index (κ2) is 7.28. The van der Waals surface area contributed by atoms with Crippen LogP contribution in [-0.4, -0.2) is 22.3 Å². The predicted octanol–water partition coefficient (Wildman–Crippen LogP) is 4.97. The van der Waals surface area contributed by atoms with Crippen LogP contribution in [0.15, 0.2) is 24.3 Å². The second-order valence-electron chi connectivity index (χ2n) is 7.51. The Balaban J connectivity index is 1.40. The summed E-state index contributed by atoms with van der Waals surface area (Å²) < 4.78 is 0. The Morgan fingerprint density at radius 2 is 2.00 bits per heavy atom. The molecule has 1 saturated carbocycles. The molecular weight excluding hydrogens is 328 g/mol. The van der Waals surface area contributed by atoms with Gasteiger partial charge in [-0.2, -0.15) is 0 Å². The van der Waals surface area contributed by atoms with Gasteiger partial charge in [0.15, 0.2) is 0 Å². The molecule has 0 N–H and O–H groups in total. The van der Waals surface area contributed by atoms with E-state index >= 15 is 0 Å². The number of amides is 1. The van der Waals surface area contributed by atoms with E-state index < -0.39 is 0 Å². The first-order chi connectivity index (χ1) is 12.2. The highest BCUT2D eigenvalue weighted by molar-refractivity contribution is 7.15. The number of hydrogen-bond acceptors (Lipinski definition) is 3. The van der Waals surface area contributed by atoms with Crippen LogP contribution in [-0.2, 0) is 17.8 Å². The molecule has 0 radical (unpaired) electrons. The van der Waals surface area contributed by atoms with Crippen LogP contribution >= 0.6 is 11.3 Å². The Bertz CT molecular complexity index is 744. The number of carbonyl (C=O) groups is 1. The summed E-state index contributed by atoms with van der Waals surface area (Å²) in [6.45, 7) is 3.68. The van der Waals surface area contributed by atoms with Gasteiger partial charge in [-0.1, -0.05) is 55.5 Å². The molecular formula is C21H26N2OS. The van der Waals surface area contributed by atoms with E-state index in [0.717, 1.165) is 43.3 Å². The minimum absolute atomic E-state index is 0.336. The van der Waals surface area contributed by atoms with E-state index in [0.29, 0.717) is 5.91 Å². The van der Waals surface area contributed by atoms with Gasteiger partial charge in [-0.25, -0.2) is 4.98 Å². The fourth-order valence-corrected chi connectivity index (χ4v) is 5.14. The molecule has 0 atom stereocenters. The van der Waals surface area contributed by atoms with Crippen molar-refractivity contribution in [3.63, 3.8) is 0 Å². The highest BCUT2D eigenvalue weighted by atomic mass is 32.1. The fourth-order valence-electron chi connectivity index (χ4n) is 4.01. The quantitative estimate of drug-likeness (QED) is 0.776. The fraction of sp³-hybridized carbons (Fsp3) is 0.524. The van der Waals surface area contributed by atoms with Gasteiger partial charge in [0.1, 0.15) is 5.01 Å². The third-order valence-electron chi connectivity index (χ3n) is 5.62. The van der Waals surface area contributed by atoms with Gasteiger partial charge in [0.25, 0.3) is 0 Å². The third kappa shape index (κ3) is 3.79. The van der Waals surface area contributed by atoms with Crippen molar-refractivity contribution in [2.75, 3.05) is 6.54 Å². The van der Waals surface area contributed by atoms with Gasteiger partial charge in [-0.05, 0) is 19.3 Å². The lowest BCUT2D eigenvalue weighted by molar-refractivity contribution is -0.132. The second-order valence-corrected chi connectivity index (χ2v) is 8.59. The van der Waals surface area contributed by atoms with Crippen molar-refractivity contribution >= 4 is 17.2 Å². The van der Waals surface area contributed by atoms with Crippen LogP contribution in [0.2, 0.25) is 0 Å². The number of hydrogen-bond donors (Lipinski definition) is 0. The summed E-state index contributed by atoms with van der Waals surface area (Å²) in [5.74, 6) is 1.13. The zero-order valence-electron chi connectivity index (χ0n) is 15.0. The van der Waals surface area contributed by atoms with E-state index in [1.165, 1.54) is 47.4 Å². The third-order valence-corrected chi connectivity index (χ3v) is 6.76. The van der Waals surface area contributed by atoms with Crippen LogP contribution in [0.4, 0.5) is 0 Å². The van der Waals surface area contributed by atoms with Crippen LogP contribution in [0.5, 0.6) is 0 Å². The van der Waals surface area contributed by atoms with Crippen LogP contribution in [0.3, 0.4) is 0 Å². The molecule has 1 aromatic heterocycles. The number of nitrogens with zero attached hydrogens (tertiary/aromatic N) is 2. The van der Waals surface area contributed by atoms with Crippen LogP contribution in [0.1, 0.15) is 54.7 Å². The van der Waals surface area contributed by atoms with E-state index in [2.05, 4.69) is 31.2 Å². The summed E-state index contributed by atoms with van der Waals surface area (Å²) >= 11 is 1.75. The molecule has 1 aliphatic carbocycles. The van der Waals surface area contributed by atoms with Crippen LogP contribution in [0, 0.1) is 12.8 Å². The first-order valence-corrected chi connectivity index (χ1v) is 10.3. The normalized spacial score (nSPS) is 17.7. The Morgan fingerprint density at radius 3 is 2.76 bits per heavy atom. The zero-order chi connectivity index (χ0) is 17.2. The van der Waals surface area contributed by atoms with E-state index in [1.807, 2.05) is 4.90 Å². The van der Waals surface area contributed by atoms with E-state index in [-0.39, 0.29) is 0 Å². The summed E-state index contributed by atoms with van der Waals surface area (Å²) in [6, 6.07) is 8.55. The number of aryl methyl sites for hydroxylation is 1. The molecule has 0 bridgehead atoms. The van der Waals surface area contributed by atoms with Gasteiger partial charge in [-0.3, -0.25) is 4.79 Å². The van der Waals surface area contributed by atoms with Gasteiger partial charge in [0.2, 0.25) is 5.91 Å². The van der Waals surface area contributed by atoms with Gasteiger partial charge >= 0.3 is 0 Å². The summed E-state index contributed by atoms with van der Waals surface area (Å²) in [5.41, 5.74) is 3.65. The number of benzene rings is 1. The molecule has 132 valence electrons. The summed E-state index contributed by atoms with van der Waals surface area (Å²) in [5, 5.41) is 1.09. The lowest BCUT2D eigenvalue weighted by atomic mass is 10.0. The maximum atomic E-state index is 12.6. The average molecular weight is 355 g/mol. The standard InChI is InChI=1S/C21H26N2OS/c1-15-6-9-17(10-7-15)21-22-18-12-13-23(14-19(18)25-21)20(24)11-8-16-4-2-3-5-16/h6-7,9-10,16H,2-5,8,11-14H2,1H3. The largest absolute Gasteiger partial charge is 0.337 e. The maximum absolute atomic E-state index is 12.6. The summed E-state index contributed by atoms with van der Waals surface area (Å²) in [6.07, 6.45) is 8.07. The first kappa shape index (κ1) is 16.8. The number of thiazole rings is 1. The monoisotopic (exact) mass is 354 g/mol. The number of rotatable bonds is 4. The Hall–Kier alpha value is -1.68. The molecule has 0 spiro atoms. The molecule has 1 aliphatic heterocycles.